The molecule has 1 N–H and O–H groups in total. The van der Waals surface area contributed by atoms with Gasteiger partial charge < -0.3 is 10.1 Å². The Morgan fingerprint density at radius 3 is 2.46 bits per heavy atom. The first kappa shape index (κ1) is 19.4. The van der Waals surface area contributed by atoms with E-state index >= 15 is 0 Å². The maximum Gasteiger partial charge on any atom is 0.416 e. The molecule has 0 bridgehead atoms. The van der Waals surface area contributed by atoms with Gasteiger partial charge in [-0.05, 0) is 39.0 Å². The standard InChI is InChI=1S/C17H17F3N2O2/c1-16(2,3)24-15(23)22-9-5-4-6-12-7-8-14(17(18,19)20)10-13(12)11-21/h7-8,10H,5,9H2,1-3H3,(H,22,23). The van der Waals surface area contributed by atoms with Crippen molar-refractivity contribution in [1.29, 1.82) is 5.26 Å². The highest BCUT2D eigenvalue weighted by molar-refractivity contribution is 5.67. The van der Waals surface area contributed by atoms with Crippen LogP contribution in [0.15, 0.2) is 18.2 Å². The molecule has 0 heterocycles. The summed E-state index contributed by atoms with van der Waals surface area (Å²) in [7, 11) is 0. The number of ether oxygens (including phenoxy) is 1. The molecule has 7 heteroatoms. The molecule has 1 rings (SSSR count). The Kier molecular flexibility index (Phi) is 6.25. The lowest BCUT2D eigenvalue weighted by molar-refractivity contribution is -0.137. The fourth-order valence-electron chi connectivity index (χ4n) is 1.62. The van der Waals surface area contributed by atoms with E-state index in [9.17, 15) is 18.0 Å². The summed E-state index contributed by atoms with van der Waals surface area (Å²) in [4.78, 5) is 11.4. The van der Waals surface area contributed by atoms with Crippen molar-refractivity contribution in [2.75, 3.05) is 6.54 Å². The first-order chi connectivity index (χ1) is 11.0. The molecule has 0 fully saturated rings. The zero-order valence-corrected chi connectivity index (χ0v) is 13.5. The first-order valence-corrected chi connectivity index (χ1v) is 7.10. The highest BCUT2D eigenvalue weighted by atomic mass is 19.4. The lowest BCUT2D eigenvalue weighted by Gasteiger charge is -2.19. The monoisotopic (exact) mass is 338 g/mol. The van der Waals surface area contributed by atoms with Crippen molar-refractivity contribution in [3.8, 4) is 17.9 Å². The Morgan fingerprint density at radius 2 is 1.92 bits per heavy atom. The van der Waals surface area contributed by atoms with Gasteiger partial charge in [0.05, 0.1) is 11.1 Å². The quantitative estimate of drug-likeness (QED) is 0.658. The average Bonchev–Trinajstić information content (AvgIpc) is 2.44. The number of nitrogens with one attached hydrogen (secondary N) is 1. The summed E-state index contributed by atoms with van der Waals surface area (Å²) in [5.74, 6) is 5.33. The third-order valence-corrected chi connectivity index (χ3v) is 2.61. The zero-order chi connectivity index (χ0) is 18.4. The summed E-state index contributed by atoms with van der Waals surface area (Å²) in [6, 6.07) is 4.51. The van der Waals surface area contributed by atoms with Crippen LogP contribution < -0.4 is 5.32 Å². The molecule has 1 aromatic rings. The van der Waals surface area contributed by atoms with Crippen molar-refractivity contribution in [3.63, 3.8) is 0 Å². The molecular weight excluding hydrogens is 321 g/mol. The number of carbonyl (C=O) groups is 1. The van der Waals surface area contributed by atoms with E-state index in [2.05, 4.69) is 17.2 Å². The molecule has 0 aliphatic carbocycles. The van der Waals surface area contributed by atoms with E-state index in [-0.39, 0.29) is 24.1 Å². The molecule has 1 amide bonds. The number of halogens is 3. The molecule has 0 aliphatic rings. The first-order valence-electron chi connectivity index (χ1n) is 7.10. The molecule has 0 aromatic heterocycles. The second-order valence-corrected chi connectivity index (χ2v) is 5.85. The number of alkyl carbamates (subject to hydrolysis) is 1. The van der Waals surface area contributed by atoms with E-state index in [0.29, 0.717) is 0 Å². The predicted octanol–water partition coefficient (Wildman–Crippen LogP) is 3.84. The fourth-order valence-corrected chi connectivity index (χ4v) is 1.62. The number of hydrogen-bond acceptors (Lipinski definition) is 3. The van der Waals surface area contributed by atoms with Gasteiger partial charge in [-0.1, -0.05) is 11.8 Å². The highest BCUT2D eigenvalue weighted by Crippen LogP contribution is 2.30. The van der Waals surface area contributed by atoms with Gasteiger partial charge in [-0.25, -0.2) is 4.79 Å². The number of benzene rings is 1. The minimum absolute atomic E-state index is 0.141. The van der Waals surface area contributed by atoms with Crippen LogP contribution in [0.1, 0.15) is 43.9 Å². The second kappa shape index (κ2) is 7.74. The SMILES string of the molecule is CC(C)(C)OC(=O)NCCC#Cc1ccc(C(F)(F)F)cc1C#N. The predicted molar refractivity (Wildman–Crippen MR) is 81.9 cm³/mol. The van der Waals surface area contributed by atoms with Gasteiger partial charge >= 0.3 is 12.3 Å². The van der Waals surface area contributed by atoms with Crippen molar-refractivity contribution < 1.29 is 22.7 Å². The van der Waals surface area contributed by atoms with Gasteiger partial charge in [0.15, 0.2) is 0 Å². The second-order valence-electron chi connectivity index (χ2n) is 5.85. The lowest BCUT2D eigenvalue weighted by atomic mass is 10.0. The van der Waals surface area contributed by atoms with Crippen molar-refractivity contribution >= 4 is 6.09 Å². The maximum absolute atomic E-state index is 12.6. The summed E-state index contributed by atoms with van der Waals surface area (Å²) in [5.41, 5.74) is -1.42. The lowest BCUT2D eigenvalue weighted by Crippen LogP contribution is -2.32. The Labute approximate surface area is 138 Å². The normalized spacial score (nSPS) is 11.0. The van der Waals surface area contributed by atoms with Crippen LogP contribution in [-0.4, -0.2) is 18.2 Å². The number of carbonyl (C=O) groups excluding carboxylic acids is 1. The number of nitrogens with zero attached hydrogens (tertiary/aromatic N) is 1. The van der Waals surface area contributed by atoms with Gasteiger partial charge in [-0.3, -0.25) is 0 Å². The summed E-state index contributed by atoms with van der Waals surface area (Å²) >= 11 is 0. The largest absolute Gasteiger partial charge is 0.444 e. The summed E-state index contributed by atoms with van der Waals surface area (Å²) < 4.78 is 42.8. The van der Waals surface area contributed by atoms with E-state index in [0.717, 1.165) is 18.2 Å². The number of hydrogen-bond donors (Lipinski definition) is 1. The Bertz CT molecular complexity index is 702. The Hall–Kier alpha value is -2.67. The van der Waals surface area contributed by atoms with Gasteiger partial charge in [0, 0.05) is 18.5 Å². The van der Waals surface area contributed by atoms with Crippen LogP contribution in [0.5, 0.6) is 0 Å². The van der Waals surface area contributed by atoms with Crippen LogP contribution in [0.2, 0.25) is 0 Å². The van der Waals surface area contributed by atoms with Crippen LogP contribution in [-0.2, 0) is 10.9 Å². The smallest absolute Gasteiger partial charge is 0.416 e. The fraction of sp³-hybridized carbons (Fsp3) is 0.412. The van der Waals surface area contributed by atoms with Crippen LogP contribution in [0.3, 0.4) is 0 Å². The van der Waals surface area contributed by atoms with E-state index < -0.39 is 23.4 Å². The molecule has 0 aliphatic heterocycles. The topological polar surface area (TPSA) is 62.1 Å². The van der Waals surface area contributed by atoms with Crippen LogP contribution in [0.25, 0.3) is 0 Å². The van der Waals surface area contributed by atoms with Crippen LogP contribution in [0.4, 0.5) is 18.0 Å². The molecule has 1 aromatic carbocycles. The van der Waals surface area contributed by atoms with E-state index in [1.54, 1.807) is 26.8 Å². The van der Waals surface area contributed by atoms with Crippen LogP contribution in [0, 0.1) is 23.2 Å². The molecule has 0 atom stereocenters. The summed E-state index contributed by atoms with van der Waals surface area (Å²) in [6.45, 7) is 5.44. The third-order valence-electron chi connectivity index (χ3n) is 2.61. The molecule has 0 unspecified atom stereocenters. The van der Waals surface area contributed by atoms with Gasteiger partial charge in [0.25, 0.3) is 0 Å². The molecular formula is C17H17F3N2O2. The summed E-state index contributed by atoms with van der Waals surface area (Å²) in [5, 5.41) is 11.4. The number of rotatable bonds is 2. The number of nitriles is 1. The van der Waals surface area contributed by atoms with Gasteiger partial charge in [0.2, 0.25) is 0 Å². The zero-order valence-electron chi connectivity index (χ0n) is 13.5. The minimum atomic E-state index is -4.51. The van der Waals surface area contributed by atoms with Gasteiger partial charge in [0.1, 0.15) is 11.7 Å². The molecule has 128 valence electrons. The maximum atomic E-state index is 12.6. The van der Waals surface area contributed by atoms with Crippen molar-refractivity contribution in [3.05, 3.63) is 34.9 Å². The summed E-state index contributed by atoms with van der Waals surface area (Å²) in [6.07, 6.45) is -4.81. The minimum Gasteiger partial charge on any atom is -0.444 e. The Balaban J connectivity index is 2.64. The van der Waals surface area contributed by atoms with E-state index in [4.69, 9.17) is 10.00 Å². The van der Waals surface area contributed by atoms with Crippen molar-refractivity contribution in [2.45, 2.75) is 39.0 Å². The van der Waals surface area contributed by atoms with Crippen LogP contribution >= 0.6 is 0 Å². The molecule has 0 radical (unpaired) electrons. The third kappa shape index (κ3) is 6.62. The molecule has 4 nitrogen and oxygen atoms in total. The van der Waals surface area contributed by atoms with Crippen molar-refractivity contribution in [1.82, 2.24) is 5.32 Å². The molecule has 0 spiro atoms. The number of amides is 1. The van der Waals surface area contributed by atoms with Gasteiger partial charge in [-0.2, -0.15) is 18.4 Å². The molecule has 0 saturated heterocycles. The molecule has 0 saturated carbocycles. The van der Waals surface area contributed by atoms with Gasteiger partial charge in [-0.15, -0.1) is 0 Å². The highest BCUT2D eigenvalue weighted by Gasteiger charge is 2.30. The van der Waals surface area contributed by atoms with E-state index in [1.807, 2.05) is 0 Å². The Morgan fingerprint density at radius 1 is 1.25 bits per heavy atom. The van der Waals surface area contributed by atoms with Crippen molar-refractivity contribution in [2.24, 2.45) is 0 Å². The molecule has 24 heavy (non-hydrogen) atoms. The average molecular weight is 338 g/mol. The number of alkyl halides is 3. The van der Waals surface area contributed by atoms with E-state index in [1.165, 1.54) is 0 Å².